The van der Waals surface area contributed by atoms with Gasteiger partial charge < -0.3 is 15.4 Å². The van der Waals surface area contributed by atoms with Crippen LogP contribution in [0.15, 0.2) is 35.2 Å². The Balaban J connectivity index is 1.98. The summed E-state index contributed by atoms with van der Waals surface area (Å²) in [6.07, 6.45) is 1.75. The van der Waals surface area contributed by atoms with Gasteiger partial charge in [-0.15, -0.1) is 16.8 Å². The minimum Gasteiger partial charge on any atom is -0.495 e. The molecule has 1 amide bonds. The normalized spacial score (nSPS) is 11.6. The number of anilines is 2. The molecule has 1 atom stereocenters. The summed E-state index contributed by atoms with van der Waals surface area (Å²) in [4.78, 5) is 12.4. The number of hydrogen-bond donors (Lipinski definition) is 2. The summed E-state index contributed by atoms with van der Waals surface area (Å²) in [7, 11) is 1.58. The van der Waals surface area contributed by atoms with Crippen molar-refractivity contribution in [2.45, 2.75) is 23.4 Å². The fourth-order valence-electron chi connectivity index (χ4n) is 1.85. The lowest BCUT2D eigenvalue weighted by Gasteiger charge is -2.13. The molecule has 0 bridgehead atoms. The average molecular weight is 364 g/mol. The number of nitrogens with zero attached hydrogens (tertiary/aromatic N) is 2. The Labute approximate surface area is 149 Å². The number of hydrogen-bond acceptors (Lipinski definition) is 7. The molecular weight excluding hydrogens is 344 g/mol. The first-order chi connectivity index (χ1) is 11.5. The molecule has 8 heteroatoms. The second-order valence-corrected chi connectivity index (χ2v) is 7.56. The van der Waals surface area contributed by atoms with E-state index < -0.39 is 0 Å². The molecule has 6 nitrogen and oxygen atoms in total. The molecule has 0 spiro atoms. The Bertz CT molecular complexity index is 718. The number of amides is 1. The first-order valence-corrected chi connectivity index (χ1v) is 9.03. The maximum absolute atomic E-state index is 12.4. The van der Waals surface area contributed by atoms with E-state index in [0.717, 1.165) is 9.90 Å². The van der Waals surface area contributed by atoms with E-state index in [1.165, 1.54) is 23.1 Å². The van der Waals surface area contributed by atoms with E-state index in [1.807, 2.05) is 32.0 Å². The zero-order valence-electron chi connectivity index (χ0n) is 13.8. The highest BCUT2D eigenvalue weighted by Gasteiger charge is 2.18. The van der Waals surface area contributed by atoms with Crippen molar-refractivity contribution in [3.63, 3.8) is 0 Å². The lowest BCUT2D eigenvalue weighted by molar-refractivity contribution is -0.115. The van der Waals surface area contributed by atoms with E-state index in [0.29, 0.717) is 23.1 Å². The predicted molar refractivity (Wildman–Crippen MR) is 100 cm³/mol. The van der Waals surface area contributed by atoms with Gasteiger partial charge in [-0.05, 0) is 31.5 Å². The van der Waals surface area contributed by atoms with Gasteiger partial charge in [-0.2, -0.15) is 0 Å². The molecule has 1 aromatic heterocycles. The van der Waals surface area contributed by atoms with Gasteiger partial charge >= 0.3 is 0 Å². The standard InChI is InChI=1S/C16H20N4O2S2/c1-5-8-17-15-19-20-16(24-15)23-11(3)14(21)18-12-9-10(2)6-7-13(12)22-4/h5-7,9,11H,1,8H2,2-4H3,(H,17,19)(H,18,21)/t11-/m0/s1. The minimum atomic E-state index is -0.310. The molecule has 1 aromatic carbocycles. The summed E-state index contributed by atoms with van der Waals surface area (Å²) >= 11 is 2.78. The Kier molecular flexibility index (Phi) is 6.62. The van der Waals surface area contributed by atoms with Crippen molar-refractivity contribution in [3.05, 3.63) is 36.4 Å². The first kappa shape index (κ1) is 18.3. The van der Waals surface area contributed by atoms with Crippen LogP contribution in [0.25, 0.3) is 0 Å². The molecule has 0 aliphatic rings. The van der Waals surface area contributed by atoms with E-state index in [2.05, 4.69) is 27.4 Å². The number of carbonyl (C=O) groups excluding carboxylic acids is 1. The maximum atomic E-state index is 12.4. The van der Waals surface area contributed by atoms with E-state index in [4.69, 9.17) is 4.74 Å². The summed E-state index contributed by atoms with van der Waals surface area (Å²) in [5, 5.41) is 14.5. The Hall–Kier alpha value is -2.06. The number of rotatable bonds is 8. The monoisotopic (exact) mass is 364 g/mol. The molecular formula is C16H20N4O2S2. The molecule has 0 radical (unpaired) electrons. The van der Waals surface area contributed by atoms with E-state index in [1.54, 1.807) is 13.2 Å². The molecule has 0 aliphatic heterocycles. The third-order valence-corrected chi connectivity index (χ3v) is 5.13. The average Bonchev–Trinajstić information content (AvgIpc) is 3.00. The summed E-state index contributed by atoms with van der Waals surface area (Å²) < 4.78 is 6.02. The Morgan fingerprint density at radius 1 is 1.50 bits per heavy atom. The summed E-state index contributed by atoms with van der Waals surface area (Å²) in [6.45, 7) is 8.07. The number of ether oxygens (including phenoxy) is 1. The van der Waals surface area contributed by atoms with Crippen LogP contribution in [-0.2, 0) is 4.79 Å². The van der Waals surface area contributed by atoms with Crippen LogP contribution >= 0.6 is 23.1 Å². The van der Waals surface area contributed by atoms with Crippen molar-refractivity contribution in [1.29, 1.82) is 0 Å². The van der Waals surface area contributed by atoms with Crippen LogP contribution in [-0.4, -0.2) is 35.0 Å². The Morgan fingerprint density at radius 2 is 2.29 bits per heavy atom. The van der Waals surface area contributed by atoms with Gasteiger partial charge in [0.25, 0.3) is 0 Å². The second-order valence-electron chi connectivity index (χ2n) is 5.00. The van der Waals surface area contributed by atoms with Gasteiger partial charge in [-0.3, -0.25) is 4.79 Å². The maximum Gasteiger partial charge on any atom is 0.237 e. The number of aromatic nitrogens is 2. The summed E-state index contributed by atoms with van der Waals surface area (Å²) in [5.41, 5.74) is 1.72. The molecule has 1 heterocycles. The van der Waals surface area contributed by atoms with Crippen LogP contribution in [0.3, 0.4) is 0 Å². The van der Waals surface area contributed by atoms with Gasteiger partial charge in [0.15, 0.2) is 4.34 Å². The third kappa shape index (κ3) is 4.97. The van der Waals surface area contributed by atoms with E-state index in [-0.39, 0.29) is 11.2 Å². The summed E-state index contributed by atoms with van der Waals surface area (Å²) in [5.74, 6) is 0.526. The number of thioether (sulfide) groups is 1. The highest BCUT2D eigenvalue weighted by Crippen LogP contribution is 2.31. The largest absolute Gasteiger partial charge is 0.495 e. The van der Waals surface area contributed by atoms with Gasteiger partial charge in [-0.1, -0.05) is 35.2 Å². The van der Waals surface area contributed by atoms with Crippen LogP contribution in [0.1, 0.15) is 12.5 Å². The van der Waals surface area contributed by atoms with E-state index in [9.17, 15) is 4.79 Å². The molecule has 2 N–H and O–H groups in total. The second kappa shape index (κ2) is 8.70. The Morgan fingerprint density at radius 3 is 3.00 bits per heavy atom. The van der Waals surface area contributed by atoms with Gasteiger partial charge in [-0.25, -0.2) is 0 Å². The minimum absolute atomic E-state index is 0.111. The molecule has 128 valence electrons. The van der Waals surface area contributed by atoms with Gasteiger partial charge in [0, 0.05) is 6.54 Å². The van der Waals surface area contributed by atoms with Crippen LogP contribution < -0.4 is 15.4 Å². The van der Waals surface area contributed by atoms with Crippen LogP contribution in [0.4, 0.5) is 10.8 Å². The molecule has 0 saturated heterocycles. The SMILES string of the molecule is C=CCNc1nnc(S[C@@H](C)C(=O)Nc2cc(C)ccc2OC)s1. The molecule has 0 unspecified atom stereocenters. The molecule has 2 rings (SSSR count). The van der Waals surface area contributed by atoms with Crippen molar-refractivity contribution in [2.24, 2.45) is 0 Å². The lowest BCUT2D eigenvalue weighted by Crippen LogP contribution is -2.22. The van der Waals surface area contributed by atoms with Gasteiger partial charge in [0.05, 0.1) is 18.0 Å². The molecule has 2 aromatic rings. The summed E-state index contributed by atoms with van der Waals surface area (Å²) in [6, 6.07) is 5.66. The fraction of sp³-hybridized carbons (Fsp3) is 0.312. The fourth-order valence-corrected chi connectivity index (χ4v) is 3.75. The predicted octanol–water partition coefficient (Wildman–Crippen LogP) is 3.57. The van der Waals surface area contributed by atoms with Crippen molar-refractivity contribution < 1.29 is 9.53 Å². The van der Waals surface area contributed by atoms with Crippen LogP contribution in [0.2, 0.25) is 0 Å². The zero-order valence-corrected chi connectivity index (χ0v) is 15.5. The number of methoxy groups -OCH3 is 1. The number of benzene rings is 1. The van der Waals surface area contributed by atoms with Crippen molar-refractivity contribution in [3.8, 4) is 5.75 Å². The molecule has 0 saturated carbocycles. The highest BCUT2D eigenvalue weighted by atomic mass is 32.2. The first-order valence-electron chi connectivity index (χ1n) is 7.34. The van der Waals surface area contributed by atoms with Crippen LogP contribution in [0, 0.1) is 6.92 Å². The number of carbonyl (C=O) groups is 1. The topological polar surface area (TPSA) is 76.1 Å². The molecule has 0 aliphatic carbocycles. The van der Waals surface area contributed by atoms with Crippen molar-refractivity contribution in [2.75, 3.05) is 24.3 Å². The van der Waals surface area contributed by atoms with E-state index >= 15 is 0 Å². The van der Waals surface area contributed by atoms with Gasteiger partial charge in [0.1, 0.15) is 5.75 Å². The number of nitrogens with one attached hydrogen (secondary N) is 2. The van der Waals surface area contributed by atoms with Crippen molar-refractivity contribution >= 4 is 39.8 Å². The molecule has 0 fully saturated rings. The van der Waals surface area contributed by atoms with Gasteiger partial charge in [0.2, 0.25) is 11.0 Å². The third-order valence-electron chi connectivity index (χ3n) is 3.06. The molecule has 24 heavy (non-hydrogen) atoms. The van der Waals surface area contributed by atoms with Crippen molar-refractivity contribution in [1.82, 2.24) is 10.2 Å². The smallest absolute Gasteiger partial charge is 0.237 e. The highest BCUT2D eigenvalue weighted by molar-refractivity contribution is 8.02. The quantitative estimate of drug-likeness (QED) is 0.551. The zero-order chi connectivity index (χ0) is 17.5. The number of aryl methyl sites for hydroxylation is 1. The lowest BCUT2D eigenvalue weighted by atomic mass is 10.2. The van der Waals surface area contributed by atoms with Crippen LogP contribution in [0.5, 0.6) is 5.75 Å².